The second kappa shape index (κ2) is 3.75. The van der Waals surface area contributed by atoms with Gasteiger partial charge in [0.05, 0.1) is 5.60 Å². The predicted molar refractivity (Wildman–Crippen MR) is 51.3 cm³/mol. The highest BCUT2D eigenvalue weighted by atomic mass is 16.5. The largest absolute Gasteiger partial charge is 0.378 e. The van der Waals surface area contributed by atoms with E-state index in [9.17, 15) is 0 Å². The van der Waals surface area contributed by atoms with Gasteiger partial charge in [-0.05, 0) is 33.2 Å². The third kappa shape index (κ3) is 1.80. The molecular formula is C10H21NO. The van der Waals surface area contributed by atoms with E-state index in [1.54, 1.807) is 0 Å². The lowest BCUT2D eigenvalue weighted by Crippen LogP contribution is -2.41. The van der Waals surface area contributed by atoms with Crippen LogP contribution in [-0.2, 0) is 4.74 Å². The maximum atomic E-state index is 5.51. The van der Waals surface area contributed by atoms with Gasteiger partial charge in [0.1, 0.15) is 0 Å². The summed E-state index contributed by atoms with van der Waals surface area (Å²) in [5, 5.41) is 3.52. The van der Waals surface area contributed by atoms with E-state index >= 15 is 0 Å². The van der Waals surface area contributed by atoms with Crippen LogP contribution in [-0.4, -0.2) is 25.3 Å². The Morgan fingerprint density at radius 3 is 2.67 bits per heavy atom. The standard InChI is InChI=1S/C10H21NO/c1-5-9-8(6-7-11-9)10(2,3)12-4/h8-9,11H,5-7H2,1-4H3. The summed E-state index contributed by atoms with van der Waals surface area (Å²) >= 11 is 0. The Morgan fingerprint density at radius 2 is 2.17 bits per heavy atom. The van der Waals surface area contributed by atoms with Crippen LogP contribution in [0.3, 0.4) is 0 Å². The van der Waals surface area contributed by atoms with Crippen LogP contribution in [0.2, 0.25) is 0 Å². The summed E-state index contributed by atoms with van der Waals surface area (Å²) in [5.74, 6) is 0.674. The minimum Gasteiger partial charge on any atom is -0.378 e. The molecule has 0 spiro atoms. The third-order valence-electron chi connectivity index (χ3n) is 3.21. The monoisotopic (exact) mass is 171 g/mol. The molecule has 0 bridgehead atoms. The lowest BCUT2D eigenvalue weighted by Gasteiger charge is -2.33. The van der Waals surface area contributed by atoms with Crippen molar-refractivity contribution in [2.75, 3.05) is 13.7 Å². The van der Waals surface area contributed by atoms with Crippen molar-refractivity contribution in [3.8, 4) is 0 Å². The maximum absolute atomic E-state index is 5.51. The Labute approximate surface area is 75.7 Å². The van der Waals surface area contributed by atoms with Crippen LogP contribution in [0.1, 0.15) is 33.6 Å². The molecule has 0 aromatic heterocycles. The molecule has 1 saturated heterocycles. The van der Waals surface area contributed by atoms with Gasteiger partial charge in [-0.25, -0.2) is 0 Å². The van der Waals surface area contributed by atoms with Crippen LogP contribution in [0.15, 0.2) is 0 Å². The molecule has 1 aliphatic heterocycles. The van der Waals surface area contributed by atoms with Crippen LogP contribution in [0.5, 0.6) is 0 Å². The molecule has 0 radical (unpaired) electrons. The predicted octanol–water partition coefficient (Wildman–Crippen LogP) is 1.80. The third-order valence-corrected chi connectivity index (χ3v) is 3.21. The molecule has 2 heteroatoms. The van der Waals surface area contributed by atoms with Crippen molar-refractivity contribution in [3.63, 3.8) is 0 Å². The van der Waals surface area contributed by atoms with E-state index in [4.69, 9.17) is 4.74 Å². The highest BCUT2D eigenvalue weighted by Gasteiger charge is 2.37. The fourth-order valence-electron chi connectivity index (χ4n) is 2.18. The van der Waals surface area contributed by atoms with Crippen LogP contribution in [0.25, 0.3) is 0 Å². The van der Waals surface area contributed by atoms with Crippen molar-refractivity contribution in [2.45, 2.75) is 45.3 Å². The van der Waals surface area contributed by atoms with E-state index in [0.717, 1.165) is 6.54 Å². The van der Waals surface area contributed by atoms with E-state index in [0.29, 0.717) is 12.0 Å². The highest BCUT2D eigenvalue weighted by Crippen LogP contribution is 2.31. The molecule has 2 unspecified atom stereocenters. The van der Waals surface area contributed by atoms with Crippen LogP contribution in [0, 0.1) is 5.92 Å². The molecular weight excluding hydrogens is 150 g/mol. The SMILES string of the molecule is CCC1NCCC1C(C)(C)OC. The van der Waals surface area contributed by atoms with Crippen LogP contribution in [0.4, 0.5) is 0 Å². The van der Waals surface area contributed by atoms with Gasteiger partial charge in [0.25, 0.3) is 0 Å². The molecule has 0 aliphatic carbocycles. The molecule has 1 heterocycles. The summed E-state index contributed by atoms with van der Waals surface area (Å²) in [4.78, 5) is 0. The molecule has 0 aromatic rings. The van der Waals surface area contributed by atoms with Crippen molar-refractivity contribution in [3.05, 3.63) is 0 Å². The number of rotatable bonds is 3. The van der Waals surface area contributed by atoms with Crippen molar-refractivity contribution >= 4 is 0 Å². The second-order valence-corrected chi connectivity index (χ2v) is 4.17. The number of methoxy groups -OCH3 is 1. The molecule has 0 amide bonds. The van der Waals surface area contributed by atoms with E-state index < -0.39 is 0 Å². The van der Waals surface area contributed by atoms with Crippen molar-refractivity contribution in [1.82, 2.24) is 5.32 Å². The van der Waals surface area contributed by atoms with Gasteiger partial charge in [-0.15, -0.1) is 0 Å². The zero-order valence-corrected chi connectivity index (χ0v) is 8.68. The molecule has 2 nitrogen and oxygen atoms in total. The first-order chi connectivity index (χ1) is 5.61. The number of nitrogens with one attached hydrogen (secondary N) is 1. The smallest absolute Gasteiger partial charge is 0.0666 e. The fraction of sp³-hybridized carbons (Fsp3) is 1.00. The lowest BCUT2D eigenvalue weighted by molar-refractivity contribution is -0.0321. The van der Waals surface area contributed by atoms with Gasteiger partial charge in [-0.2, -0.15) is 0 Å². The first-order valence-electron chi connectivity index (χ1n) is 4.90. The van der Waals surface area contributed by atoms with E-state index in [1.807, 2.05) is 7.11 Å². The summed E-state index contributed by atoms with van der Waals surface area (Å²) in [5.41, 5.74) is 0.0319. The number of hydrogen-bond acceptors (Lipinski definition) is 2. The lowest BCUT2D eigenvalue weighted by atomic mass is 9.84. The summed E-state index contributed by atoms with van der Waals surface area (Å²) in [6.07, 6.45) is 2.46. The van der Waals surface area contributed by atoms with Gasteiger partial charge >= 0.3 is 0 Å². The molecule has 1 rings (SSSR count). The number of ether oxygens (including phenoxy) is 1. The molecule has 1 aliphatic rings. The van der Waals surface area contributed by atoms with E-state index in [-0.39, 0.29) is 5.60 Å². The minimum atomic E-state index is 0.0319. The highest BCUT2D eigenvalue weighted by molar-refractivity contribution is 4.92. The topological polar surface area (TPSA) is 21.3 Å². The molecule has 1 N–H and O–H groups in total. The number of hydrogen-bond donors (Lipinski definition) is 1. The molecule has 12 heavy (non-hydrogen) atoms. The summed E-state index contributed by atoms with van der Waals surface area (Å²) in [6, 6.07) is 0.653. The quantitative estimate of drug-likeness (QED) is 0.699. The Hall–Kier alpha value is -0.0800. The molecule has 72 valence electrons. The minimum absolute atomic E-state index is 0.0319. The van der Waals surface area contributed by atoms with E-state index in [1.165, 1.54) is 12.8 Å². The van der Waals surface area contributed by atoms with Gasteiger partial charge in [-0.1, -0.05) is 6.92 Å². The Morgan fingerprint density at radius 1 is 1.50 bits per heavy atom. The van der Waals surface area contributed by atoms with Crippen LogP contribution >= 0.6 is 0 Å². The van der Waals surface area contributed by atoms with Crippen LogP contribution < -0.4 is 5.32 Å². The summed E-state index contributed by atoms with van der Waals surface area (Å²) in [6.45, 7) is 7.76. The van der Waals surface area contributed by atoms with Gasteiger partial charge < -0.3 is 10.1 Å². The van der Waals surface area contributed by atoms with Gasteiger partial charge in [0, 0.05) is 19.1 Å². The first-order valence-corrected chi connectivity index (χ1v) is 4.90. The normalized spacial score (nSPS) is 31.0. The van der Waals surface area contributed by atoms with Gasteiger partial charge in [-0.3, -0.25) is 0 Å². The summed E-state index contributed by atoms with van der Waals surface area (Å²) < 4.78 is 5.51. The molecule has 1 fully saturated rings. The molecule has 0 aromatic carbocycles. The van der Waals surface area contributed by atoms with Crippen molar-refractivity contribution in [2.24, 2.45) is 5.92 Å². The van der Waals surface area contributed by atoms with Gasteiger partial charge in [0.2, 0.25) is 0 Å². The average molecular weight is 171 g/mol. The molecule has 0 saturated carbocycles. The first kappa shape index (κ1) is 10.0. The average Bonchev–Trinajstić information content (AvgIpc) is 2.52. The second-order valence-electron chi connectivity index (χ2n) is 4.17. The zero-order chi connectivity index (χ0) is 9.19. The Kier molecular flexibility index (Phi) is 3.13. The van der Waals surface area contributed by atoms with Crippen molar-refractivity contribution < 1.29 is 4.74 Å². The summed E-state index contributed by atoms with van der Waals surface area (Å²) in [7, 11) is 1.81. The van der Waals surface area contributed by atoms with Crippen molar-refractivity contribution in [1.29, 1.82) is 0 Å². The Bertz CT molecular complexity index is 145. The Balaban J connectivity index is 2.60. The fourth-order valence-corrected chi connectivity index (χ4v) is 2.18. The zero-order valence-electron chi connectivity index (χ0n) is 8.68. The maximum Gasteiger partial charge on any atom is 0.0666 e. The van der Waals surface area contributed by atoms with Gasteiger partial charge in [0.15, 0.2) is 0 Å². The van der Waals surface area contributed by atoms with E-state index in [2.05, 4.69) is 26.1 Å². The molecule has 2 atom stereocenters.